The molecule has 0 bridgehead atoms. The van der Waals surface area contributed by atoms with Crippen molar-refractivity contribution in [2.24, 2.45) is 0 Å². The molecule has 0 saturated heterocycles. The molecule has 1 aliphatic carbocycles. The van der Waals surface area contributed by atoms with Crippen LogP contribution < -0.4 is 4.90 Å². The molecule has 0 unspecified atom stereocenters. The van der Waals surface area contributed by atoms with E-state index in [0.29, 0.717) is 5.69 Å². The van der Waals surface area contributed by atoms with Crippen LogP contribution in [0.2, 0.25) is 0 Å². The van der Waals surface area contributed by atoms with E-state index >= 15 is 0 Å². The Kier molecular flexibility index (Phi) is 4.11. The lowest BCUT2D eigenvalue weighted by Crippen LogP contribution is -2.38. The van der Waals surface area contributed by atoms with Crippen molar-refractivity contribution >= 4 is 11.4 Å². The molecule has 0 N–H and O–H groups in total. The fraction of sp³-hybridized carbons (Fsp3) is 0.280. The summed E-state index contributed by atoms with van der Waals surface area (Å²) in [5.41, 5.74) is 5.81. The summed E-state index contributed by atoms with van der Waals surface area (Å²) >= 11 is 0. The maximum atomic E-state index is 14.1. The third kappa shape index (κ3) is 2.81. The molecule has 0 amide bonds. The lowest BCUT2D eigenvalue weighted by molar-refractivity contribution is 0.549. The van der Waals surface area contributed by atoms with Crippen molar-refractivity contribution in [2.75, 3.05) is 4.90 Å². The first kappa shape index (κ1) is 18.7. The van der Waals surface area contributed by atoms with Crippen LogP contribution in [0.5, 0.6) is 0 Å². The predicted octanol–water partition coefficient (Wildman–Crippen LogP) is 7.21. The fourth-order valence-electron chi connectivity index (χ4n) is 4.48. The maximum Gasteiger partial charge on any atom is 0.128 e. The lowest BCUT2D eigenvalue weighted by atomic mass is 9.82. The van der Waals surface area contributed by atoms with Gasteiger partial charge >= 0.3 is 0 Å². The van der Waals surface area contributed by atoms with Crippen LogP contribution in [0.4, 0.5) is 20.2 Å². The van der Waals surface area contributed by atoms with Crippen LogP contribution >= 0.6 is 0 Å². The predicted molar refractivity (Wildman–Crippen MR) is 112 cm³/mol. The van der Waals surface area contributed by atoms with Crippen molar-refractivity contribution in [3.8, 4) is 11.1 Å². The molecule has 3 heteroatoms. The van der Waals surface area contributed by atoms with E-state index in [0.717, 1.165) is 17.3 Å². The van der Waals surface area contributed by atoms with Gasteiger partial charge in [0, 0.05) is 34.0 Å². The molecule has 1 nitrogen and oxygen atoms in total. The topological polar surface area (TPSA) is 3.24 Å². The Morgan fingerprint density at radius 1 is 0.786 bits per heavy atom. The molecule has 0 aliphatic heterocycles. The monoisotopic (exact) mass is 377 g/mol. The molecule has 0 spiro atoms. The van der Waals surface area contributed by atoms with Gasteiger partial charge in [0.2, 0.25) is 0 Å². The normalized spacial score (nSPS) is 14.5. The summed E-state index contributed by atoms with van der Waals surface area (Å²) in [7, 11) is 0. The highest BCUT2D eigenvalue weighted by atomic mass is 19.1. The van der Waals surface area contributed by atoms with Crippen molar-refractivity contribution in [3.05, 3.63) is 83.4 Å². The number of rotatable bonds is 2. The van der Waals surface area contributed by atoms with E-state index in [1.165, 1.54) is 28.8 Å². The minimum atomic E-state index is -0.572. The van der Waals surface area contributed by atoms with E-state index in [1.807, 2.05) is 23.1 Å². The van der Waals surface area contributed by atoms with Gasteiger partial charge in [-0.05, 0) is 55.7 Å². The molecule has 0 heterocycles. The minimum absolute atomic E-state index is 0.126. The second-order valence-electron chi connectivity index (χ2n) is 9.00. The Morgan fingerprint density at radius 3 is 2.04 bits per heavy atom. The molecular weight excluding hydrogens is 352 g/mol. The van der Waals surface area contributed by atoms with Crippen molar-refractivity contribution < 1.29 is 8.78 Å². The standard InChI is InChI=1S/C25H25F2N/c1-24(2,3)28(18-14-16(26)13-17(27)15-18)22-12-8-11-21-23(22)19-9-6-7-10-20(19)25(21,4)5/h6-15H,1-5H3. The van der Waals surface area contributed by atoms with Gasteiger partial charge in [-0.3, -0.25) is 0 Å². The lowest BCUT2D eigenvalue weighted by Gasteiger charge is -2.39. The van der Waals surface area contributed by atoms with Crippen molar-refractivity contribution in [1.82, 2.24) is 0 Å². The smallest absolute Gasteiger partial charge is 0.128 e. The highest BCUT2D eigenvalue weighted by Crippen LogP contribution is 2.53. The number of hydrogen-bond donors (Lipinski definition) is 0. The van der Waals surface area contributed by atoms with E-state index < -0.39 is 11.6 Å². The summed E-state index contributed by atoms with van der Waals surface area (Å²) in [5, 5.41) is 0. The van der Waals surface area contributed by atoms with Gasteiger partial charge in [-0.2, -0.15) is 0 Å². The molecule has 0 fully saturated rings. The van der Waals surface area contributed by atoms with Gasteiger partial charge in [-0.25, -0.2) is 8.78 Å². The first-order valence-electron chi connectivity index (χ1n) is 9.60. The first-order valence-corrected chi connectivity index (χ1v) is 9.60. The Hall–Kier alpha value is -2.68. The number of nitrogens with zero attached hydrogens (tertiary/aromatic N) is 1. The van der Waals surface area contributed by atoms with Crippen LogP contribution in [0.1, 0.15) is 45.7 Å². The third-order valence-electron chi connectivity index (χ3n) is 5.60. The molecule has 4 rings (SSSR count). The van der Waals surface area contributed by atoms with Crippen molar-refractivity contribution in [2.45, 2.75) is 45.6 Å². The Bertz CT molecular complexity index is 1040. The number of hydrogen-bond acceptors (Lipinski definition) is 1. The number of fused-ring (bicyclic) bond motifs is 3. The van der Waals surface area contributed by atoms with E-state index in [-0.39, 0.29) is 11.0 Å². The largest absolute Gasteiger partial charge is 0.335 e. The summed E-state index contributed by atoms with van der Waals surface area (Å²) in [4.78, 5) is 2.04. The summed E-state index contributed by atoms with van der Waals surface area (Å²) in [6.07, 6.45) is 0. The van der Waals surface area contributed by atoms with Gasteiger partial charge in [-0.15, -0.1) is 0 Å². The molecule has 3 aromatic carbocycles. The molecule has 3 aromatic rings. The Balaban J connectivity index is 2.03. The highest BCUT2D eigenvalue weighted by molar-refractivity contribution is 5.92. The summed E-state index contributed by atoms with van der Waals surface area (Å²) < 4.78 is 28.1. The van der Waals surface area contributed by atoms with Gasteiger partial charge in [0.15, 0.2) is 0 Å². The number of halogens is 2. The average Bonchev–Trinajstić information content (AvgIpc) is 2.82. The van der Waals surface area contributed by atoms with Crippen LogP contribution in [0.3, 0.4) is 0 Å². The zero-order valence-corrected chi connectivity index (χ0v) is 17.0. The zero-order chi connectivity index (χ0) is 20.3. The molecule has 0 radical (unpaired) electrons. The SMILES string of the molecule is CC1(C)c2ccccc2-c2c(N(c3cc(F)cc(F)c3)C(C)(C)C)cccc21. The van der Waals surface area contributed by atoms with Crippen molar-refractivity contribution in [3.63, 3.8) is 0 Å². The molecule has 0 atom stereocenters. The fourth-order valence-corrected chi connectivity index (χ4v) is 4.48. The molecule has 28 heavy (non-hydrogen) atoms. The first-order chi connectivity index (χ1) is 13.1. The van der Waals surface area contributed by atoms with Gasteiger partial charge in [-0.1, -0.05) is 50.2 Å². The van der Waals surface area contributed by atoms with E-state index in [1.54, 1.807) is 0 Å². The molecule has 144 valence electrons. The quantitative estimate of drug-likeness (QED) is 0.456. The minimum Gasteiger partial charge on any atom is -0.335 e. The maximum absolute atomic E-state index is 14.1. The number of anilines is 2. The highest BCUT2D eigenvalue weighted by Gasteiger charge is 2.38. The third-order valence-corrected chi connectivity index (χ3v) is 5.60. The summed E-state index contributed by atoms with van der Waals surface area (Å²) in [6, 6.07) is 18.4. The Morgan fingerprint density at radius 2 is 1.39 bits per heavy atom. The van der Waals surface area contributed by atoms with Crippen LogP contribution in [-0.2, 0) is 5.41 Å². The van der Waals surface area contributed by atoms with Gasteiger partial charge in [0.05, 0.1) is 0 Å². The van der Waals surface area contributed by atoms with Gasteiger partial charge in [0.1, 0.15) is 11.6 Å². The van der Waals surface area contributed by atoms with Gasteiger partial charge in [0.25, 0.3) is 0 Å². The van der Waals surface area contributed by atoms with E-state index in [4.69, 9.17) is 0 Å². The van der Waals surface area contributed by atoms with Crippen molar-refractivity contribution in [1.29, 1.82) is 0 Å². The van der Waals surface area contributed by atoms with Crippen LogP contribution in [0, 0.1) is 11.6 Å². The zero-order valence-electron chi connectivity index (χ0n) is 17.0. The summed E-state index contributed by atoms with van der Waals surface area (Å²) in [6.45, 7) is 10.6. The van der Waals surface area contributed by atoms with Crippen LogP contribution in [-0.4, -0.2) is 5.54 Å². The van der Waals surface area contributed by atoms with Crippen LogP contribution in [0.15, 0.2) is 60.7 Å². The second-order valence-corrected chi connectivity index (χ2v) is 9.00. The molecule has 1 aliphatic rings. The number of benzene rings is 3. The van der Waals surface area contributed by atoms with E-state index in [9.17, 15) is 8.78 Å². The molecular formula is C25H25F2N. The Labute approximate surface area is 165 Å². The second kappa shape index (κ2) is 6.16. The average molecular weight is 377 g/mol. The van der Waals surface area contributed by atoms with E-state index in [2.05, 4.69) is 58.9 Å². The van der Waals surface area contributed by atoms with Crippen LogP contribution in [0.25, 0.3) is 11.1 Å². The summed E-state index contributed by atoms with van der Waals surface area (Å²) in [5.74, 6) is -1.14. The van der Waals surface area contributed by atoms with Gasteiger partial charge < -0.3 is 4.90 Å². The molecule has 0 aromatic heterocycles. The molecule has 0 saturated carbocycles.